The summed E-state index contributed by atoms with van der Waals surface area (Å²) in [6, 6.07) is 7.96. The highest BCUT2D eigenvalue weighted by atomic mass is 32.2. The lowest BCUT2D eigenvalue weighted by Gasteiger charge is -2.47. The molecule has 0 bridgehead atoms. The largest absolute Gasteiger partial charge is 0.466 e. The molecule has 1 saturated heterocycles. The van der Waals surface area contributed by atoms with E-state index < -0.39 is 47.3 Å². The minimum atomic E-state index is -1.65. The first-order chi connectivity index (χ1) is 13.2. The van der Waals surface area contributed by atoms with Gasteiger partial charge in [-0.1, -0.05) is 36.9 Å². The average molecular weight is 413 g/mol. The molecule has 9 heteroatoms. The Kier molecular flexibility index (Phi) is 7.85. The maximum Gasteiger partial charge on any atom is 0.349 e. The quantitative estimate of drug-likeness (QED) is 0.475. The minimum absolute atomic E-state index is 0.171. The van der Waals surface area contributed by atoms with Crippen LogP contribution in [0.1, 0.15) is 26.7 Å². The number of esters is 1. The van der Waals surface area contributed by atoms with Crippen molar-refractivity contribution in [2.24, 2.45) is 0 Å². The number of nitrogens with one attached hydrogen (secondary N) is 1. The topological polar surface area (TPSA) is 125 Å². The fourth-order valence-corrected chi connectivity index (χ4v) is 4.45. The number of hydrogen-bond acceptors (Lipinski definition) is 8. The van der Waals surface area contributed by atoms with E-state index in [1.165, 1.54) is 14.0 Å². The second-order valence-electron chi connectivity index (χ2n) is 6.71. The van der Waals surface area contributed by atoms with Crippen molar-refractivity contribution in [1.29, 1.82) is 0 Å². The van der Waals surface area contributed by atoms with Crippen molar-refractivity contribution in [3.63, 3.8) is 0 Å². The van der Waals surface area contributed by atoms with Crippen LogP contribution in [-0.4, -0.2) is 69.7 Å². The summed E-state index contributed by atoms with van der Waals surface area (Å²) in [6.07, 6.45) is -4.98. The average Bonchev–Trinajstić information content (AvgIpc) is 2.68. The molecule has 1 aromatic carbocycles. The third kappa shape index (κ3) is 5.03. The fourth-order valence-electron chi connectivity index (χ4n) is 3.19. The van der Waals surface area contributed by atoms with Crippen LogP contribution >= 0.6 is 11.8 Å². The Morgan fingerprint density at radius 1 is 1.36 bits per heavy atom. The number of carbonyl (C=O) groups excluding carboxylic acids is 2. The van der Waals surface area contributed by atoms with Gasteiger partial charge in [0.2, 0.25) is 10.8 Å². The number of benzene rings is 1. The second-order valence-corrected chi connectivity index (χ2v) is 8.04. The van der Waals surface area contributed by atoms with Crippen LogP contribution in [0.15, 0.2) is 35.2 Å². The number of carbonyl (C=O) groups is 2. The molecule has 28 heavy (non-hydrogen) atoms. The third-order valence-corrected chi connectivity index (χ3v) is 5.88. The predicted octanol–water partition coefficient (Wildman–Crippen LogP) is 0.434. The summed E-state index contributed by atoms with van der Waals surface area (Å²) >= 11 is 1.05. The van der Waals surface area contributed by atoms with Gasteiger partial charge in [0, 0.05) is 18.2 Å². The Bertz CT molecular complexity index is 674. The molecule has 156 valence electrons. The first kappa shape index (κ1) is 22.6. The first-order valence-corrected chi connectivity index (χ1v) is 9.87. The van der Waals surface area contributed by atoms with Crippen LogP contribution in [0, 0.1) is 0 Å². The number of thioether (sulfide) groups is 1. The third-order valence-electron chi connectivity index (χ3n) is 4.61. The molecule has 0 saturated carbocycles. The molecule has 1 unspecified atom stereocenters. The van der Waals surface area contributed by atoms with E-state index in [4.69, 9.17) is 9.47 Å². The van der Waals surface area contributed by atoms with Crippen LogP contribution in [-0.2, 0) is 19.1 Å². The van der Waals surface area contributed by atoms with Crippen LogP contribution < -0.4 is 5.32 Å². The monoisotopic (exact) mass is 413 g/mol. The van der Waals surface area contributed by atoms with Crippen LogP contribution in [0.5, 0.6) is 0 Å². The van der Waals surface area contributed by atoms with E-state index in [1.807, 2.05) is 6.07 Å². The maximum atomic E-state index is 12.7. The molecule has 0 aromatic heterocycles. The molecule has 0 spiro atoms. The Hall–Kier alpha value is -1.65. The smallest absolute Gasteiger partial charge is 0.349 e. The molecule has 1 heterocycles. The Balaban J connectivity index is 2.43. The van der Waals surface area contributed by atoms with E-state index >= 15 is 0 Å². The summed E-state index contributed by atoms with van der Waals surface area (Å²) in [6.45, 7) is 2.94. The summed E-state index contributed by atoms with van der Waals surface area (Å²) in [7, 11) is 1.21. The van der Waals surface area contributed by atoms with Gasteiger partial charge in [0.25, 0.3) is 0 Å². The van der Waals surface area contributed by atoms with Crippen LogP contribution in [0.4, 0.5) is 0 Å². The van der Waals surface area contributed by atoms with Gasteiger partial charge in [-0.15, -0.1) is 0 Å². The molecule has 6 atom stereocenters. The summed E-state index contributed by atoms with van der Waals surface area (Å²) in [5.74, 6) is -1.16. The summed E-state index contributed by atoms with van der Waals surface area (Å²) in [4.78, 5) is 23.3. The van der Waals surface area contributed by atoms with Crippen molar-refractivity contribution in [2.75, 3.05) is 7.11 Å². The molecule has 1 aliphatic rings. The SMILES string of the molecule is CC[C@@H](O)[C@@H](O)C1O[C@](Sc2ccccc2)(C(=O)OC)C[C@@H](O)[C@H]1NC(C)=O. The van der Waals surface area contributed by atoms with E-state index in [9.17, 15) is 24.9 Å². The molecule has 1 aromatic rings. The van der Waals surface area contributed by atoms with Crippen LogP contribution in [0.25, 0.3) is 0 Å². The van der Waals surface area contributed by atoms with Gasteiger partial charge in [0.15, 0.2) is 0 Å². The fraction of sp³-hybridized carbons (Fsp3) is 0.579. The molecular formula is C19H27NO7S. The number of amides is 1. The number of rotatable bonds is 7. The lowest BCUT2D eigenvalue weighted by Crippen LogP contribution is -2.66. The highest BCUT2D eigenvalue weighted by molar-refractivity contribution is 8.01. The molecule has 2 rings (SSSR count). The molecule has 1 fully saturated rings. The first-order valence-electron chi connectivity index (χ1n) is 9.05. The van der Waals surface area contributed by atoms with Crippen molar-refractivity contribution in [1.82, 2.24) is 5.32 Å². The molecular weight excluding hydrogens is 386 g/mol. The van der Waals surface area contributed by atoms with Crippen molar-refractivity contribution in [3.8, 4) is 0 Å². The summed E-state index contributed by atoms with van der Waals surface area (Å²) in [5, 5.41) is 34.0. The highest BCUT2D eigenvalue weighted by Gasteiger charge is 2.55. The van der Waals surface area contributed by atoms with Gasteiger partial charge in [-0.25, -0.2) is 4.79 Å². The number of aliphatic hydroxyl groups excluding tert-OH is 3. The zero-order valence-electron chi connectivity index (χ0n) is 16.1. The number of aliphatic hydroxyl groups is 3. The summed E-state index contributed by atoms with van der Waals surface area (Å²) in [5.41, 5.74) is 0. The normalized spacial score (nSPS) is 29.6. The molecule has 0 radical (unpaired) electrons. The standard InChI is InChI=1S/C19H27NO7S/c1-4-13(22)16(24)17-15(20-11(2)21)14(23)10-19(27-17,18(25)26-3)28-12-8-6-5-7-9-12/h5-9,13-17,22-24H,4,10H2,1-3H3,(H,20,21)/t13-,14-,15-,16-,17?,19-/m1/s1. The Labute approximate surface area is 168 Å². The lowest BCUT2D eigenvalue weighted by atomic mass is 9.89. The molecule has 0 aliphatic carbocycles. The van der Waals surface area contributed by atoms with Gasteiger partial charge in [-0.2, -0.15) is 0 Å². The zero-order chi connectivity index (χ0) is 20.9. The minimum Gasteiger partial charge on any atom is -0.466 e. The zero-order valence-corrected chi connectivity index (χ0v) is 16.9. The van der Waals surface area contributed by atoms with Crippen LogP contribution in [0.2, 0.25) is 0 Å². The predicted molar refractivity (Wildman–Crippen MR) is 102 cm³/mol. The van der Waals surface area contributed by atoms with Gasteiger partial charge in [-0.05, 0) is 18.6 Å². The molecule has 1 aliphatic heterocycles. The van der Waals surface area contributed by atoms with E-state index in [0.717, 1.165) is 11.8 Å². The summed E-state index contributed by atoms with van der Waals surface area (Å²) < 4.78 is 10.9. The Morgan fingerprint density at radius 2 is 2.00 bits per heavy atom. The highest BCUT2D eigenvalue weighted by Crippen LogP contribution is 2.44. The van der Waals surface area contributed by atoms with Crippen LogP contribution in [0.3, 0.4) is 0 Å². The van der Waals surface area contributed by atoms with Gasteiger partial charge in [0.05, 0.1) is 25.4 Å². The van der Waals surface area contributed by atoms with E-state index in [2.05, 4.69) is 5.32 Å². The van der Waals surface area contributed by atoms with Gasteiger partial charge in [0.1, 0.15) is 12.2 Å². The maximum absolute atomic E-state index is 12.7. The molecule has 8 nitrogen and oxygen atoms in total. The van der Waals surface area contributed by atoms with Gasteiger partial charge < -0.3 is 30.1 Å². The van der Waals surface area contributed by atoms with Crippen molar-refractivity contribution in [2.45, 2.75) is 67.0 Å². The van der Waals surface area contributed by atoms with E-state index in [1.54, 1.807) is 31.2 Å². The van der Waals surface area contributed by atoms with Crippen molar-refractivity contribution >= 4 is 23.6 Å². The Morgan fingerprint density at radius 3 is 2.54 bits per heavy atom. The molecule has 1 amide bonds. The van der Waals surface area contributed by atoms with Gasteiger partial charge in [-0.3, -0.25) is 4.79 Å². The number of hydrogen-bond donors (Lipinski definition) is 4. The van der Waals surface area contributed by atoms with E-state index in [-0.39, 0.29) is 12.8 Å². The number of methoxy groups -OCH3 is 1. The van der Waals surface area contributed by atoms with Crippen molar-refractivity contribution < 1.29 is 34.4 Å². The lowest BCUT2D eigenvalue weighted by molar-refractivity contribution is -0.205. The van der Waals surface area contributed by atoms with E-state index in [0.29, 0.717) is 4.90 Å². The van der Waals surface area contributed by atoms with Crippen molar-refractivity contribution in [3.05, 3.63) is 30.3 Å². The molecule has 4 N–H and O–H groups in total. The van der Waals surface area contributed by atoms with Gasteiger partial charge >= 0.3 is 5.97 Å². The second kappa shape index (κ2) is 9.71. The number of ether oxygens (including phenoxy) is 2.